The molecule has 0 saturated heterocycles. The Morgan fingerprint density at radius 3 is 2.67 bits per heavy atom. The fraction of sp³-hybridized carbons (Fsp3) is 0.667. The average Bonchev–Trinajstić information content (AvgIpc) is 2.46. The Morgan fingerprint density at radius 2 is 2.06 bits per heavy atom. The van der Waals surface area contributed by atoms with Crippen LogP contribution >= 0.6 is 0 Å². The molecule has 1 fully saturated rings. The largest absolute Gasteiger partial charge is 0.392 e. The molecule has 0 unspecified atom stereocenters. The van der Waals surface area contributed by atoms with Gasteiger partial charge in [-0.1, -0.05) is 13.3 Å². The van der Waals surface area contributed by atoms with Gasteiger partial charge in [0.1, 0.15) is 5.82 Å². The van der Waals surface area contributed by atoms with Crippen LogP contribution in [0.15, 0.2) is 18.3 Å². The van der Waals surface area contributed by atoms with Crippen LogP contribution in [0.4, 0.5) is 5.82 Å². The number of hydrogen-bond donors (Lipinski definition) is 1. The smallest absolute Gasteiger partial charge is 0.128 e. The first-order valence-electron chi connectivity index (χ1n) is 7.03. The normalized spacial score (nSPS) is 23.9. The lowest BCUT2D eigenvalue weighted by molar-refractivity contribution is 0.281. The number of hydrogen-bond acceptors (Lipinski definition) is 3. The van der Waals surface area contributed by atoms with Gasteiger partial charge < -0.3 is 10.0 Å². The second kappa shape index (κ2) is 6.19. The van der Waals surface area contributed by atoms with Crippen molar-refractivity contribution >= 4 is 5.82 Å². The Hall–Kier alpha value is -1.09. The van der Waals surface area contributed by atoms with Crippen molar-refractivity contribution in [2.45, 2.75) is 51.7 Å². The number of nitrogens with zero attached hydrogens (tertiary/aromatic N) is 2. The van der Waals surface area contributed by atoms with E-state index in [1.807, 2.05) is 12.1 Å². The van der Waals surface area contributed by atoms with Gasteiger partial charge in [0.15, 0.2) is 0 Å². The maximum Gasteiger partial charge on any atom is 0.128 e. The van der Waals surface area contributed by atoms with E-state index in [1.165, 1.54) is 32.1 Å². The highest BCUT2D eigenvalue weighted by Gasteiger charge is 2.23. The van der Waals surface area contributed by atoms with Gasteiger partial charge in [-0.2, -0.15) is 0 Å². The van der Waals surface area contributed by atoms with Gasteiger partial charge in [0.05, 0.1) is 6.61 Å². The summed E-state index contributed by atoms with van der Waals surface area (Å²) in [6.45, 7) is 2.38. The molecule has 0 amide bonds. The minimum Gasteiger partial charge on any atom is -0.392 e. The summed E-state index contributed by atoms with van der Waals surface area (Å²) in [7, 11) is 2.13. The van der Waals surface area contributed by atoms with Crippen molar-refractivity contribution in [1.29, 1.82) is 0 Å². The first kappa shape index (κ1) is 13.3. The Balaban J connectivity index is 2.00. The van der Waals surface area contributed by atoms with Crippen molar-refractivity contribution in [3.05, 3.63) is 23.9 Å². The molecule has 100 valence electrons. The second-order valence-corrected chi connectivity index (χ2v) is 5.37. The zero-order chi connectivity index (χ0) is 13.0. The maximum absolute atomic E-state index is 9.17. The first-order chi connectivity index (χ1) is 8.74. The molecule has 1 aromatic heterocycles. The lowest BCUT2D eigenvalue weighted by Crippen LogP contribution is -2.35. The summed E-state index contributed by atoms with van der Waals surface area (Å²) in [5.74, 6) is 1.91. The molecule has 18 heavy (non-hydrogen) atoms. The van der Waals surface area contributed by atoms with Gasteiger partial charge in [0, 0.05) is 19.3 Å². The van der Waals surface area contributed by atoms with Crippen molar-refractivity contribution in [1.82, 2.24) is 4.98 Å². The van der Waals surface area contributed by atoms with E-state index >= 15 is 0 Å². The molecule has 0 spiro atoms. The van der Waals surface area contributed by atoms with E-state index in [0.717, 1.165) is 17.3 Å². The van der Waals surface area contributed by atoms with Crippen LogP contribution in [0.1, 0.15) is 44.6 Å². The van der Waals surface area contributed by atoms with E-state index in [1.54, 1.807) is 6.20 Å². The summed E-state index contributed by atoms with van der Waals surface area (Å²) in [5, 5.41) is 9.17. The van der Waals surface area contributed by atoms with Gasteiger partial charge in [0.2, 0.25) is 0 Å². The standard InChI is InChI=1S/C15H24N2O/c1-3-12-4-6-14(7-5-12)17(2)15-10-13(11-18)8-9-16-15/h8-10,12,14,18H,3-7,11H2,1-2H3. The fourth-order valence-electron chi connectivity index (χ4n) is 2.88. The predicted octanol–water partition coefficient (Wildman–Crippen LogP) is 2.98. The summed E-state index contributed by atoms with van der Waals surface area (Å²) in [5.41, 5.74) is 0.939. The van der Waals surface area contributed by atoms with Gasteiger partial charge in [0.25, 0.3) is 0 Å². The molecule has 0 bridgehead atoms. The summed E-state index contributed by atoms with van der Waals surface area (Å²) in [4.78, 5) is 6.70. The lowest BCUT2D eigenvalue weighted by Gasteiger charge is -2.35. The van der Waals surface area contributed by atoms with Gasteiger partial charge in [-0.15, -0.1) is 0 Å². The highest BCUT2D eigenvalue weighted by Crippen LogP contribution is 2.30. The third kappa shape index (κ3) is 3.02. The van der Waals surface area contributed by atoms with E-state index in [2.05, 4.69) is 23.9 Å². The van der Waals surface area contributed by atoms with Crippen LogP contribution in [-0.4, -0.2) is 23.2 Å². The summed E-state index contributed by atoms with van der Waals surface area (Å²) in [6, 6.07) is 4.46. The van der Waals surface area contributed by atoms with E-state index in [9.17, 15) is 5.11 Å². The average molecular weight is 248 g/mol. The van der Waals surface area contributed by atoms with E-state index in [0.29, 0.717) is 6.04 Å². The van der Waals surface area contributed by atoms with Crippen LogP contribution in [0.3, 0.4) is 0 Å². The van der Waals surface area contributed by atoms with Crippen molar-refractivity contribution in [2.75, 3.05) is 11.9 Å². The van der Waals surface area contributed by atoms with Crippen molar-refractivity contribution in [2.24, 2.45) is 5.92 Å². The quantitative estimate of drug-likeness (QED) is 0.890. The van der Waals surface area contributed by atoms with Crippen LogP contribution in [0.25, 0.3) is 0 Å². The Morgan fingerprint density at radius 1 is 1.33 bits per heavy atom. The first-order valence-corrected chi connectivity index (χ1v) is 7.03. The molecule has 0 aromatic carbocycles. The maximum atomic E-state index is 9.17. The fourth-order valence-corrected chi connectivity index (χ4v) is 2.88. The van der Waals surface area contributed by atoms with E-state index in [-0.39, 0.29) is 6.61 Å². The van der Waals surface area contributed by atoms with Crippen molar-refractivity contribution in [3.8, 4) is 0 Å². The molecule has 0 radical (unpaired) electrons. The molecule has 1 aliphatic rings. The molecule has 1 heterocycles. The molecule has 0 atom stereocenters. The molecular formula is C15H24N2O. The van der Waals surface area contributed by atoms with E-state index in [4.69, 9.17) is 0 Å². The van der Waals surface area contributed by atoms with Gasteiger partial charge in [-0.3, -0.25) is 0 Å². The zero-order valence-electron chi connectivity index (χ0n) is 11.5. The summed E-state index contributed by atoms with van der Waals surface area (Å²) >= 11 is 0. The van der Waals surface area contributed by atoms with Crippen LogP contribution in [0, 0.1) is 5.92 Å². The highest BCUT2D eigenvalue weighted by molar-refractivity contribution is 5.41. The number of aliphatic hydroxyl groups excluding tert-OH is 1. The lowest BCUT2D eigenvalue weighted by atomic mass is 9.84. The number of rotatable bonds is 4. The molecule has 3 nitrogen and oxygen atoms in total. The Labute approximate surface area is 110 Å². The molecule has 0 aliphatic heterocycles. The molecular weight excluding hydrogens is 224 g/mol. The molecule has 1 saturated carbocycles. The summed E-state index contributed by atoms with van der Waals surface area (Å²) < 4.78 is 0. The highest BCUT2D eigenvalue weighted by atomic mass is 16.3. The van der Waals surface area contributed by atoms with Crippen molar-refractivity contribution < 1.29 is 5.11 Å². The second-order valence-electron chi connectivity index (χ2n) is 5.37. The predicted molar refractivity (Wildman–Crippen MR) is 74.6 cm³/mol. The van der Waals surface area contributed by atoms with Gasteiger partial charge in [-0.05, 0) is 49.3 Å². The van der Waals surface area contributed by atoms with Crippen LogP contribution in [0.5, 0.6) is 0 Å². The Bertz CT molecular complexity index is 373. The minimum absolute atomic E-state index is 0.0892. The summed E-state index contributed by atoms with van der Waals surface area (Å²) in [6.07, 6.45) is 8.31. The molecule has 1 aromatic rings. The Kier molecular flexibility index (Phi) is 4.59. The zero-order valence-corrected chi connectivity index (χ0v) is 11.5. The number of aliphatic hydroxyl groups is 1. The molecule has 1 N–H and O–H groups in total. The number of aromatic nitrogens is 1. The molecule has 3 heteroatoms. The third-order valence-electron chi connectivity index (χ3n) is 4.30. The van der Waals surface area contributed by atoms with Crippen molar-refractivity contribution in [3.63, 3.8) is 0 Å². The third-order valence-corrected chi connectivity index (χ3v) is 4.30. The minimum atomic E-state index is 0.0892. The molecule has 2 rings (SSSR count). The molecule has 1 aliphatic carbocycles. The number of pyridine rings is 1. The van der Waals surface area contributed by atoms with Gasteiger partial charge >= 0.3 is 0 Å². The monoisotopic (exact) mass is 248 g/mol. The van der Waals surface area contributed by atoms with Crippen LogP contribution in [-0.2, 0) is 6.61 Å². The van der Waals surface area contributed by atoms with Gasteiger partial charge in [-0.25, -0.2) is 4.98 Å². The number of anilines is 1. The van der Waals surface area contributed by atoms with E-state index < -0.39 is 0 Å². The topological polar surface area (TPSA) is 36.4 Å². The van der Waals surface area contributed by atoms with Crippen LogP contribution < -0.4 is 4.90 Å². The van der Waals surface area contributed by atoms with Crippen LogP contribution in [0.2, 0.25) is 0 Å². The SMILES string of the molecule is CCC1CCC(N(C)c2cc(CO)ccn2)CC1.